The number of rotatable bonds is 5. The zero-order valence-corrected chi connectivity index (χ0v) is 14.5. The SMILES string of the molecule is COc1ccc(NC(=O)CN(C)C(=O)c2ccc3c(c2)CCC3)cc1. The number of hydrogen-bond donors (Lipinski definition) is 1. The molecular weight excluding hydrogens is 316 g/mol. The van der Waals surface area contributed by atoms with E-state index < -0.39 is 0 Å². The molecule has 2 amide bonds. The van der Waals surface area contributed by atoms with Gasteiger partial charge < -0.3 is 15.0 Å². The van der Waals surface area contributed by atoms with Crippen molar-refractivity contribution in [2.75, 3.05) is 26.0 Å². The number of anilines is 1. The summed E-state index contributed by atoms with van der Waals surface area (Å²) in [6, 6.07) is 12.9. The minimum Gasteiger partial charge on any atom is -0.497 e. The Morgan fingerprint density at radius 1 is 1.08 bits per heavy atom. The maximum atomic E-state index is 12.5. The van der Waals surface area contributed by atoms with E-state index >= 15 is 0 Å². The molecule has 0 fully saturated rings. The van der Waals surface area contributed by atoms with Gasteiger partial charge in [-0.3, -0.25) is 9.59 Å². The monoisotopic (exact) mass is 338 g/mol. The highest BCUT2D eigenvalue weighted by atomic mass is 16.5. The van der Waals surface area contributed by atoms with Crippen molar-refractivity contribution < 1.29 is 14.3 Å². The number of fused-ring (bicyclic) bond motifs is 1. The largest absolute Gasteiger partial charge is 0.497 e. The third-order valence-corrected chi connectivity index (χ3v) is 4.45. The Hall–Kier alpha value is -2.82. The lowest BCUT2D eigenvalue weighted by Gasteiger charge is -2.17. The van der Waals surface area contributed by atoms with E-state index in [-0.39, 0.29) is 18.4 Å². The first-order valence-corrected chi connectivity index (χ1v) is 8.38. The number of carbonyl (C=O) groups is 2. The van der Waals surface area contributed by atoms with Crippen LogP contribution in [0.25, 0.3) is 0 Å². The smallest absolute Gasteiger partial charge is 0.254 e. The summed E-state index contributed by atoms with van der Waals surface area (Å²) in [6.07, 6.45) is 3.26. The van der Waals surface area contributed by atoms with Gasteiger partial charge in [0, 0.05) is 18.3 Å². The third kappa shape index (κ3) is 3.99. The predicted octanol–water partition coefficient (Wildman–Crippen LogP) is 2.89. The highest BCUT2D eigenvalue weighted by Crippen LogP contribution is 2.23. The van der Waals surface area contributed by atoms with Crippen LogP contribution in [0.4, 0.5) is 5.69 Å². The molecule has 5 heteroatoms. The Balaban J connectivity index is 1.59. The molecule has 25 heavy (non-hydrogen) atoms. The predicted molar refractivity (Wildman–Crippen MR) is 97.1 cm³/mol. The maximum Gasteiger partial charge on any atom is 0.254 e. The van der Waals surface area contributed by atoms with Crippen LogP contribution < -0.4 is 10.1 Å². The lowest BCUT2D eigenvalue weighted by Crippen LogP contribution is -2.35. The molecule has 0 saturated heterocycles. The molecule has 0 bridgehead atoms. The van der Waals surface area contributed by atoms with Gasteiger partial charge in [-0.25, -0.2) is 0 Å². The fourth-order valence-corrected chi connectivity index (χ4v) is 3.09. The van der Waals surface area contributed by atoms with Gasteiger partial charge in [-0.1, -0.05) is 6.07 Å². The third-order valence-electron chi connectivity index (χ3n) is 4.45. The van der Waals surface area contributed by atoms with E-state index in [0.717, 1.165) is 25.0 Å². The van der Waals surface area contributed by atoms with Gasteiger partial charge in [0.25, 0.3) is 5.91 Å². The molecule has 0 unspecified atom stereocenters. The highest BCUT2D eigenvalue weighted by molar-refractivity contribution is 5.99. The fourth-order valence-electron chi connectivity index (χ4n) is 3.09. The van der Waals surface area contributed by atoms with Crippen molar-refractivity contribution in [3.63, 3.8) is 0 Å². The average Bonchev–Trinajstić information content (AvgIpc) is 3.09. The van der Waals surface area contributed by atoms with E-state index in [4.69, 9.17) is 4.74 Å². The van der Waals surface area contributed by atoms with Crippen LogP contribution in [0, 0.1) is 0 Å². The van der Waals surface area contributed by atoms with Gasteiger partial charge in [0.05, 0.1) is 13.7 Å². The van der Waals surface area contributed by atoms with Crippen molar-refractivity contribution in [2.45, 2.75) is 19.3 Å². The summed E-state index contributed by atoms with van der Waals surface area (Å²) >= 11 is 0. The molecule has 0 heterocycles. The number of nitrogens with one attached hydrogen (secondary N) is 1. The van der Waals surface area contributed by atoms with Crippen LogP contribution in [0.2, 0.25) is 0 Å². The van der Waals surface area contributed by atoms with Gasteiger partial charge in [-0.05, 0) is 66.8 Å². The number of hydrogen-bond acceptors (Lipinski definition) is 3. The highest BCUT2D eigenvalue weighted by Gasteiger charge is 2.18. The van der Waals surface area contributed by atoms with Crippen molar-refractivity contribution in [1.29, 1.82) is 0 Å². The number of ether oxygens (including phenoxy) is 1. The van der Waals surface area contributed by atoms with Crippen molar-refractivity contribution in [2.24, 2.45) is 0 Å². The molecule has 2 aromatic carbocycles. The Morgan fingerprint density at radius 2 is 1.80 bits per heavy atom. The molecular formula is C20H22N2O3. The number of benzene rings is 2. The zero-order valence-electron chi connectivity index (χ0n) is 14.5. The minimum atomic E-state index is -0.234. The quantitative estimate of drug-likeness (QED) is 0.912. The van der Waals surface area contributed by atoms with E-state index in [2.05, 4.69) is 5.32 Å². The number of methoxy groups -OCH3 is 1. The summed E-state index contributed by atoms with van der Waals surface area (Å²) in [5, 5.41) is 2.78. The lowest BCUT2D eigenvalue weighted by molar-refractivity contribution is -0.116. The molecule has 3 rings (SSSR count). The number of likely N-dealkylation sites (N-methyl/N-ethyl adjacent to an activating group) is 1. The van der Waals surface area contributed by atoms with Gasteiger partial charge >= 0.3 is 0 Å². The maximum absolute atomic E-state index is 12.5. The molecule has 0 radical (unpaired) electrons. The van der Waals surface area contributed by atoms with E-state index in [1.165, 1.54) is 16.0 Å². The van der Waals surface area contributed by atoms with Crippen LogP contribution in [-0.2, 0) is 17.6 Å². The molecule has 0 saturated carbocycles. The lowest BCUT2D eigenvalue weighted by atomic mass is 10.1. The molecule has 0 spiro atoms. The van der Waals surface area contributed by atoms with Crippen LogP contribution in [0.1, 0.15) is 27.9 Å². The second-order valence-corrected chi connectivity index (χ2v) is 6.27. The van der Waals surface area contributed by atoms with Gasteiger partial charge in [0.15, 0.2) is 0 Å². The summed E-state index contributed by atoms with van der Waals surface area (Å²) in [4.78, 5) is 26.1. The fraction of sp³-hybridized carbons (Fsp3) is 0.300. The molecule has 2 aromatic rings. The number of nitrogens with zero attached hydrogens (tertiary/aromatic N) is 1. The van der Waals surface area contributed by atoms with Gasteiger partial charge in [-0.15, -0.1) is 0 Å². The minimum absolute atomic E-state index is 0.00193. The molecule has 1 N–H and O–H groups in total. The number of aryl methyl sites for hydroxylation is 2. The summed E-state index contributed by atoms with van der Waals surface area (Å²) in [6.45, 7) is 0.00193. The van der Waals surface area contributed by atoms with Crippen molar-refractivity contribution in [1.82, 2.24) is 4.90 Å². The first kappa shape index (κ1) is 17.0. The Morgan fingerprint density at radius 3 is 2.52 bits per heavy atom. The van der Waals surface area contributed by atoms with E-state index in [1.54, 1.807) is 38.4 Å². The molecule has 0 aromatic heterocycles. The van der Waals surface area contributed by atoms with Crippen LogP contribution >= 0.6 is 0 Å². The van der Waals surface area contributed by atoms with Crippen molar-refractivity contribution in [3.8, 4) is 5.75 Å². The van der Waals surface area contributed by atoms with E-state index in [0.29, 0.717) is 11.3 Å². The Labute approximate surface area is 147 Å². The number of carbonyl (C=O) groups excluding carboxylic acids is 2. The molecule has 0 atom stereocenters. The standard InChI is InChI=1S/C20H22N2O3/c1-22(13-19(23)21-17-8-10-18(25-2)11-9-17)20(24)16-7-6-14-4-3-5-15(14)12-16/h6-12H,3-5,13H2,1-2H3,(H,21,23). The number of amides is 2. The first-order valence-electron chi connectivity index (χ1n) is 8.38. The van der Waals surface area contributed by atoms with Crippen molar-refractivity contribution >= 4 is 17.5 Å². The molecule has 1 aliphatic carbocycles. The van der Waals surface area contributed by atoms with Gasteiger partial charge in [0.2, 0.25) is 5.91 Å². The summed E-state index contributed by atoms with van der Waals surface area (Å²) < 4.78 is 5.09. The van der Waals surface area contributed by atoms with Crippen molar-refractivity contribution in [3.05, 3.63) is 59.2 Å². The second-order valence-electron chi connectivity index (χ2n) is 6.27. The Kier molecular flexibility index (Phi) is 5.03. The van der Waals surface area contributed by atoms with Crippen LogP contribution in [-0.4, -0.2) is 37.4 Å². The Bertz CT molecular complexity index is 784. The zero-order chi connectivity index (χ0) is 17.8. The average molecular weight is 338 g/mol. The molecule has 5 nitrogen and oxygen atoms in total. The summed E-state index contributed by atoms with van der Waals surface area (Å²) in [5.41, 5.74) is 3.89. The second kappa shape index (κ2) is 7.38. The van der Waals surface area contributed by atoms with Gasteiger partial charge in [-0.2, -0.15) is 0 Å². The molecule has 1 aliphatic rings. The molecule has 130 valence electrons. The van der Waals surface area contributed by atoms with E-state index in [9.17, 15) is 9.59 Å². The molecule has 0 aliphatic heterocycles. The van der Waals surface area contributed by atoms with Crippen LogP contribution in [0.3, 0.4) is 0 Å². The van der Waals surface area contributed by atoms with Crippen LogP contribution in [0.15, 0.2) is 42.5 Å². The summed E-state index contributed by atoms with van der Waals surface area (Å²) in [7, 11) is 3.23. The van der Waals surface area contributed by atoms with E-state index in [1.807, 2.05) is 18.2 Å². The topological polar surface area (TPSA) is 58.6 Å². The van der Waals surface area contributed by atoms with Gasteiger partial charge in [0.1, 0.15) is 5.75 Å². The van der Waals surface area contributed by atoms with Crippen LogP contribution in [0.5, 0.6) is 5.75 Å². The normalized spacial score (nSPS) is 12.4. The first-order chi connectivity index (χ1) is 12.1. The summed E-state index contributed by atoms with van der Waals surface area (Å²) in [5.74, 6) is 0.351.